The van der Waals surface area contributed by atoms with Gasteiger partial charge < -0.3 is 10.0 Å². The van der Waals surface area contributed by atoms with Crippen molar-refractivity contribution in [2.24, 2.45) is 0 Å². The Hall–Kier alpha value is -3.17. The van der Waals surface area contributed by atoms with Crippen LogP contribution < -0.4 is 0 Å². The zero-order valence-electron chi connectivity index (χ0n) is 19.1. The summed E-state index contributed by atoms with van der Waals surface area (Å²) in [7, 11) is 0. The van der Waals surface area contributed by atoms with Crippen molar-refractivity contribution in [3.63, 3.8) is 0 Å². The molecule has 9 heteroatoms. The summed E-state index contributed by atoms with van der Waals surface area (Å²) in [5.74, 6) is 1.40. The van der Waals surface area contributed by atoms with Crippen LogP contribution in [-0.4, -0.2) is 38.3 Å². The average molecular weight is 552 g/mol. The van der Waals surface area contributed by atoms with Crippen molar-refractivity contribution in [2.75, 3.05) is 12.4 Å². The van der Waals surface area contributed by atoms with Crippen LogP contribution in [0.1, 0.15) is 12.0 Å². The average Bonchev–Trinajstić information content (AvgIpc) is 3.27. The lowest BCUT2D eigenvalue weighted by atomic mass is 9.91. The maximum atomic E-state index is 14.2. The van der Waals surface area contributed by atoms with Gasteiger partial charge in [-0.15, -0.1) is 6.58 Å². The van der Waals surface area contributed by atoms with Gasteiger partial charge in [0, 0.05) is 17.3 Å². The standard InChI is InChI=1S/C25H23F4N3O.CH3Br/c1-4-6-7-14-31(18(3)5-2)17-24(33,25(27,28)29)20-8-13-23-19(15-20)16-30-32(23)22-11-9-21(26)10-12-22;1-2/h4-5,7-16,33H,1-3,6,17H2;1H3/b14-7-;. The van der Waals surface area contributed by atoms with Crippen molar-refractivity contribution >= 4 is 26.8 Å². The van der Waals surface area contributed by atoms with Gasteiger partial charge in [0.25, 0.3) is 0 Å². The van der Waals surface area contributed by atoms with E-state index < -0.39 is 24.1 Å². The predicted molar refractivity (Wildman–Crippen MR) is 136 cm³/mol. The molecule has 1 atom stereocenters. The van der Waals surface area contributed by atoms with E-state index in [-0.39, 0.29) is 11.3 Å². The van der Waals surface area contributed by atoms with E-state index in [4.69, 9.17) is 0 Å². The number of halogens is 5. The van der Waals surface area contributed by atoms with Crippen LogP contribution in [0, 0.1) is 5.82 Å². The highest BCUT2D eigenvalue weighted by Gasteiger charge is 2.56. The third kappa shape index (κ3) is 6.29. The molecular formula is C26H26BrF4N3O. The number of alkyl halides is 4. The Morgan fingerprint density at radius 1 is 1.14 bits per heavy atom. The van der Waals surface area contributed by atoms with Gasteiger partial charge in [0.2, 0.25) is 5.60 Å². The fraction of sp³-hybridized carbons (Fsp3) is 0.192. The fourth-order valence-corrected chi connectivity index (χ4v) is 3.32. The molecule has 2 aromatic carbocycles. The van der Waals surface area contributed by atoms with Crippen LogP contribution in [-0.2, 0) is 5.60 Å². The summed E-state index contributed by atoms with van der Waals surface area (Å²) in [5.41, 5.74) is -2.30. The van der Waals surface area contributed by atoms with Gasteiger partial charge in [-0.2, -0.15) is 18.3 Å². The van der Waals surface area contributed by atoms with Crippen LogP contribution >= 0.6 is 15.9 Å². The highest BCUT2D eigenvalue weighted by molar-refractivity contribution is 9.08. The van der Waals surface area contributed by atoms with Crippen molar-refractivity contribution in [1.82, 2.24) is 14.7 Å². The molecule has 0 bridgehead atoms. The molecule has 3 rings (SSSR count). The zero-order valence-corrected chi connectivity index (χ0v) is 20.7. The first-order valence-electron chi connectivity index (χ1n) is 10.4. The van der Waals surface area contributed by atoms with E-state index in [1.807, 2.05) is 5.83 Å². The number of aromatic nitrogens is 2. The van der Waals surface area contributed by atoms with Gasteiger partial charge in [-0.1, -0.05) is 47.3 Å². The van der Waals surface area contributed by atoms with E-state index >= 15 is 0 Å². The van der Waals surface area contributed by atoms with E-state index in [1.165, 1.54) is 70.5 Å². The van der Waals surface area contributed by atoms with Crippen molar-refractivity contribution < 1.29 is 22.7 Å². The van der Waals surface area contributed by atoms with Gasteiger partial charge >= 0.3 is 6.18 Å². The molecule has 1 heterocycles. The second-order valence-electron chi connectivity index (χ2n) is 7.40. The van der Waals surface area contributed by atoms with Crippen LogP contribution in [0.4, 0.5) is 17.6 Å². The smallest absolute Gasteiger partial charge is 0.375 e. The van der Waals surface area contributed by atoms with Gasteiger partial charge in [-0.25, -0.2) is 9.07 Å². The molecule has 1 N–H and O–H groups in total. The number of fused-ring (bicyclic) bond motifs is 1. The largest absolute Gasteiger partial charge is 0.423 e. The Morgan fingerprint density at radius 3 is 2.37 bits per heavy atom. The normalized spacial score (nSPS) is 13.1. The zero-order chi connectivity index (χ0) is 26.2. The second-order valence-corrected chi connectivity index (χ2v) is 7.40. The molecule has 3 aromatic rings. The van der Waals surface area contributed by atoms with E-state index in [2.05, 4.69) is 40.8 Å². The van der Waals surface area contributed by atoms with Crippen molar-refractivity contribution in [1.29, 1.82) is 0 Å². The summed E-state index contributed by atoms with van der Waals surface area (Å²) in [4.78, 5) is 1.19. The first-order valence-corrected chi connectivity index (χ1v) is 12.0. The Morgan fingerprint density at radius 2 is 1.80 bits per heavy atom. The SMILES string of the molecule is C=CC/C=C\N(CC(O)(c1ccc2c(cnn2-c2ccc(F)cc2)c1)C(F)(F)F)C(=C)C=C.CBr. The fourth-order valence-electron chi connectivity index (χ4n) is 3.32. The number of allylic oxidation sites excluding steroid dienone is 3. The number of benzene rings is 2. The lowest BCUT2D eigenvalue weighted by Gasteiger charge is -2.36. The Labute approximate surface area is 210 Å². The highest BCUT2D eigenvalue weighted by Crippen LogP contribution is 2.41. The molecule has 0 saturated heterocycles. The topological polar surface area (TPSA) is 41.3 Å². The molecule has 0 aliphatic rings. The van der Waals surface area contributed by atoms with Crippen LogP contribution in [0.25, 0.3) is 16.6 Å². The molecule has 0 fully saturated rings. The minimum Gasteiger partial charge on any atom is -0.375 e. The molecule has 186 valence electrons. The van der Waals surface area contributed by atoms with Crippen LogP contribution in [0.2, 0.25) is 0 Å². The van der Waals surface area contributed by atoms with Crippen LogP contribution in [0.15, 0.2) is 98.5 Å². The molecule has 35 heavy (non-hydrogen) atoms. The van der Waals surface area contributed by atoms with Gasteiger partial charge in [-0.05, 0) is 60.3 Å². The van der Waals surface area contributed by atoms with Gasteiger partial charge in [0.15, 0.2) is 0 Å². The Kier molecular flexibility index (Phi) is 9.62. The minimum absolute atomic E-state index is 0.197. The molecule has 0 aliphatic carbocycles. The number of hydrogen-bond acceptors (Lipinski definition) is 3. The summed E-state index contributed by atoms with van der Waals surface area (Å²) in [6.45, 7) is 10.0. The molecule has 0 amide bonds. The minimum atomic E-state index is -4.99. The summed E-state index contributed by atoms with van der Waals surface area (Å²) in [5, 5.41) is 15.5. The monoisotopic (exact) mass is 551 g/mol. The van der Waals surface area contributed by atoms with Crippen LogP contribution in [0.5, 0.6) is 0 Å². The molecule has 0 radical (unpaired) electrons. The maximum Gasteiger partial charge on any atom is 0.423 e. The predicted octanol–water partition coefficient (Wildman–Crippen LogP) is 7.02. The summed E-state index contributed by atoms with van der Waals surface area (Å²) in [6.07, 6.45) is 2.75. The third-order valence-electron chi connectivity index (χ3n) is 5.18. The summed E-state index contributed by atoms with van der Waals surface area (Å²) < 4.78 is 57.3. The van der Waals surface area contributed by atoms with Gasteiger partial charge in [0.1, 0.15) is 5.82 Å². The summed E-state index contributed by atoms with van der Waals surface area (Å²) in [6, 6.07) is 9.45. The maximum absolute atomic E-state index is 14.2. The van der Waals surface area contributed by atoms with Gasteiger partial charge in [-0.3, -0.25) is 0 Å². The molecular weight excluding hydrogens is 526 g/mol. The third-order valence-corrected chi connectivity index (χ3v) is 5.18. The number of aliphatic hydroxyl groups is 1. The first kappa shape index (κ1) is 28.1. The van der Waals surface area contributed by atoms with E-state index in [1.54, 1.807) is 12.2 Å². The summed E-state index contributed by atoms with van der Waals surface area (Å²) >= 11 is 2.94. The number of hydrogen-bond donors (Lipinski definition) is 1. The second kappa shape index (κ2) is 12.0. The number of nitrogens with zero attached hydrogens (tertiary/aromatic N) is 3. The van der Waals surface area contributed by atoms with E-state index in [9.17, 15) is 22.7 Å². The first-order chi connectivity index (χ1) is 16.6. The quantitative estimate of drug-likeness (QED) is 0.134. The van der Waals surface area contributed by atoms with E-state index in [0.717, 1.165) is 0 Å². The van der Waals surface area contributed by atoms with Gasteiger partial charge in [0.05, 0.1) is 23.9 Å². The molecule has 1 unspecified atom stereocenters. The van der Waals surface area contributed by atoms with Crippen molar-refractivity contribution in [2.45, 2.75) is 18.2 Å². The highest BCUT2D eigenvalue weighted by atomic mass is 79.9. The molecule has 0 aliphatic heterocycles. The Balaban J connectivity index is 0.00000210. The molecule has 0 spiro atoms. The van der Waals surface area contributed by atoms with Crippen molar-refractivity contribution in [3.8, 4) is 5.69 Å². The lowest BCUT2D eigenvalue weighted by Crippen LogP contribution is -2.49. The van der Waals surface area contributed by atoms with Crippen molar-refractivity contribution in [3.05, 3.63) is 110 Å². The Bertz CT molecular complexity index is 1200. The van der Waals surface area contributed by atoms with Crippen LogP contribution in [0.3, 0.4) is 0 Å². The number of rotatable bonds is 9. The molecule has 0 saturated carbocycles. The van der Waals surface area contributed by atoms with E-state index in [0.29, 0.717) is 23.0 Å². The molecule has 4 nitrogen and oxygen atoms in total. The molecule has 1 aromatic heterocycles. The lowest BCUT2D eigenvalue weighted by molar-refractivity contribution is -0.268.